The fourth-order valence-corrected chi connectivity index (χ4v) is 2.96. The van der Waals surface area contributed by atoms with Crippen molar-refractivity contribution >= 4 is 5.95 Å². The van der Waals surface area contributed by atoms with E-state index in [2.05, 4.69) is 10.1 Å². The Balaban J connectivity index is 1.95. The number of hydrogen-bond acceptors (Lipinski definition) is 3. The van der Waals surface area contributed by atoms with Crippen molar-refractivity contribution in [3.63, 3.8) is 0 Å². The topological polar surface area (TPSA) is 56.7 Å². The van der Waals surface area contributed by atoms with Crippen LogP contribution in [-0.4, -0.2) is 14.8 Å². The van der Waals surface area contributed by atoms with Crippen LogP contribution < -0.4 is 5.73 Å². The lowest BCUT2D eigenvalue weighted by Crippen LogP contribution is -2.24. The van der Waals surface area contributed by atoms with Crippen LogP contribution in [0.4, 0.5) is 19.1 Å². The van der Waals surface area contributed by atoms with Gasteiger partial charge in [-0.3, -0.25) is 0 Å². The van der Waals surface area contributed by atoms with Gasteiger partial charge in [-0.05, 0) is 25.0 Å². The van der Waals surface area contributed by atoms with Crippen LogP contribution in [0, 0.1) is 0 Å². The zero-order valence-electron chi connectivity index (χ0n) is 11.4. The van der Waals surface area contributed by atoms with Crippen LogP contribution >= 0.6 is 0 Å². The van der Waals surface area contributed by atoms with Crippen molar-refractivity contribution in [2.45, 2.75) is 37.9 Å². The largest absolute Gasteiger partial charge is 0.416 e. The molecule has 1 aromatic heterocycles. The van der Waals surface area contributed by atoms with Gasteiger partial charge in [-0.2, -0.15) is 18.2 Å². The summed E-state index contributed by atoms with van der Waals surface area (Å²) in [5.41, 5.74) is 5.66. The van der Waals surface area contributed by atoms with Crippen LogP contribution in [0.3, 0.4) is 0 Å². The Morgan fingerprint density at radius 1 is 1.33 bits per heavy atom. The van der Waals surface area contributed by atoms with Crippen molar-refractivity contribution in [1.29, 1.82) is 0 Å². The van der Waals surface area contributed by atoms with Crippen molar-refractivity contribution in [1.82, 2.24) is 14.8 Å². The highest BCUT2D eigenvalue weighted by molar-refractivity contribution is 5.30. The highest BCUT2D eigenvalue weighted by atomic mass is 19.4. The SMILES string of the molecule is CC1C(c2cccc(C(F)(F)F)c2)CCc2nc(N)nn21. The second kappa shape index (κ2) is 4.75. The Bertz CT molecular complexity index is 662. The third-order valence-corrected chi connectivity index (χ3v) is 4.01. The second-order valence-corrected chi connectivity index (χ2v) is 5.34. The molecule has 1 aliphatic heterocycles. The lowest BCUT2D eigenvalue weighted by atomic mass is 9.85. The van der Waals surface area contributed by atoms with Gasteiger partial charge >= 0.3 is 6.18 Å². The number of hydrogen-bond donors (Lipinski definition) is 1. The van der Waals surface area contributed by atoms with E-state index in [0.717, 1.165) is 18.3 Å². The van der Waals surface area contributed by atoms with E-state index in [0.29, 0.717) is 12.0 Å². The molecule has 2 N–H and O–H groups in total. The molecular formula is C14H15F3N4. The molecule has 3 rings (SSSR count). The highest BCUT2D eigenvalue weighted by Gasteiger charge is 2.33. The first-order valence-electron chi connectivity index (χ1n) is 6.74. The molecule has 0 aliphatic carbocycles. The molecule has 2 heterocycles. The minimum Gasteiger partial charge on any atom is -0.366 e. The fourth-order valence-electron chi connectivity index (χ4n) is 2.96. The Morgan fingerprint density at radius 2 is 2.10 bits per heavy atom. The maximum Gasteiger partial charge on any atom is 0.416 e. The van der Waals surface area contributed by atoms with Crippen LogP contribution in [0.1, 0.15) is 42.3 Å². The van der Waals surface area contributed by atoms with E-state index in [1.165, 1.54) is 12.1 Å². The first-order chi connectivity index (χ1) is 9.86. The Kier molecular flexibility index (Phi) is 3.15. The van der Waals surface area contributed by atoms with E-state index in [-0.39, 0.29) is 17.9 Å². The molecule has 4 nitrogen and oxygen atoms in total. The minimum absolute atomic E-state index is 0.0269. The molecule has 112 valence electrons. The van der Waals surface area contributed by atoms with Crippen molar-refractivity contribution in [2.24, 2.45) is 0 Å². The third kappa shape index (κ3) is 2.48. The summed E-state index contributed by atoms with van der Waals surface area (Å²) >= 11 is 0. The van der Waals surface area contributed by atoms with E-state index >= 15 is 0 Å². The summed E-state index contributed by atoms with van der Waals surface area (Å²) in [6, 6.07) is 5.45. The number of nitrogens with two attached hydrogens (primary N) is 1. The first-order valence-corrected chi connectivity index (χ1v) is 6.74. The van der Waals surface area contributed by atoms with Gasteiger partial charge in [0.1, 0.15) is 5.82 Å². The average molecular weight is 296 g/mol. The minimum atomic E-state index is -4.32. The standard InChI is InChI=1S/C14H15F3N4/c1-8-11(5-6-12-19-13(18)20-21(8)12)9-3-2-4-10(7-9)14(15,16)17/h2-4,7-8,11H,5-6H2,1H3,(H2,18,20). The molecular weight excluding hydrogens is 281 g/mol. The Labute approximate surface area is 119 Å². The lowest BCUT2D eigenvalue weighted by Gasteiger charge is -2.30. The fraction of sp³-hybridized carbons (Fsp3) is 0.429. The second-order valence-electron chi connectivity index (χ2n) is 5.34. The van der Waals surface area contributed by atoms with Gasteiger partial charge in [0.25, 0.3) is 0 Å². The molecule has 0 amide bonds. The average Bonchev–Trinajstić information content (AvgIpc) is 2.80. The Hall–Kier alpha value is -2.05. The van der Waals surface area contributed by atoms with Crippen molar-refractivity contribution in [3.8, 4) is 0 Å². The summed E-state index contributed by atoms with van der Waals surface area (Å²) in [6.45, 7) is 1.93. The molecule has 0 saturated carbocycles. The number of rotatable bonds is 1. The lowest BCUT2D eigenvalue weighted by molar-refractivity contribution is -0.137. The van der Waals surface area contributed by atoms with Gasteiger partial charge in [-0.1, -0.05) is 18.2 Å². The van der Waals surface area contributed by atoms with E-state index in [4.69, 9.17) is 5.73 Å². The number of nitrogen functional groups attached to an aromatic ring is 1. The number of aryl methyl sites for hydroxylation is 1. The summed E-state index contributed by atoms with van der Waals surface area (Å²) < 4.78 is 40.2. The molecule has 0 bridgehead atoms. The van der Waals surface area contributed by atoms with E-state index in [1.54, 1.807) is 10.7 Å². The van der Waals surface area contributed by atoms with Gasteiger partial charge in [0, 0.05) is 12.3 Å². The predicted octanol–water partition coefficient (Wildman–Crippen LogP) is 3.17. The van der Waals surface area contributed by atoms with Gasteiger partial charge in [0.15, 0.2) is 0 Å². The van der Waals surface area contributed by atoms with E-state index in [9.17, 15) is 13.2 Å². The van der Waals surface area contributed by atoms with Crippen LogP contribution in [0.25, 0.3) is 0 Å². The number of fused-ring (bicyclic) bond motifs is 1. The van der Waals surface area contributed by atoms with E-state index < -0.39 is 11.7 Å². The van der Waals surface area contributed by atoms with Crippen LogP contribution in [-0.2, 0) is 12.6 Å². The molecule has 2 aromatic rings. The van der Waals surface area contributed by atoms with Gasteiger partial charge in [0.2, 0.25) is 5.95 Å². The number of anilines is 1. The van der Waals surface area contributed by atoms with Crippen LogP contribution in [0.2, 0.25) is 0 Å². The molecule has 0 saturated heterocycles. The molecule has 7 heteroatoms. The first kappa shape index (κ1) is 13.9. The van der Waals surface area contributed by atoms with Crippen molar-refractivity contribution < 1.29 is 13.2 Å². The maximum absolute atomic E-state index is 12.8. The quantitative estimate of drug-likeness (QED) is 0.879. The maximum atomic E-state index is 12.8. The van der Waals surface area contributed by atoms with Crippen LogP contribution in [0.15, 0.2) is 24.3 Å². The van der Waals surface area contributed by atoms with E-state index in [1.807, 2.05) is 6.92 Å². The summed E-state index contributed by atoms with van der Waals surface area (Å²) in [6.07, 6.45) is -2.92. The summed E-state index contributed by atoms with van der Waals surface area (Å²) in [4.78, 5) is 4.14. The molecule has 2 unspecified atom stereocenters. The molecule has 1 aliphatic rings. The summed E-state index contributed by atoms with van der Waals surface area (Å²) in [5, 5.41) is 4.14. The summed E-state index contributed by atoms with van der Waals surface area (Å²) in [7, 11) is 0. The number of nitrogens with zero attached hydrogens (tertiary/aromatic N) is 3. The van der Waals surface area contributed by atoms with Crippen molar-refractivity contribution in [2.75, 3.05) is 5.73 Å². The Morgan fingerprint density at radius 3 is 2.81 bits per heavy atom. The number of halogens is 3. The van der Waals surface area contributed by atoms with Gasteiger partial charge in [-0.25, -0.2) is 4.68 Å². The molecule has 0 radical (unpaired) electrons. The van der Waals surface area contributed by atoms with Crippen molar-refractivity contribution in [3.05, 3.63) is 41.2 Å². The smallest absolute Gasteiger partial charge is 0.366 e. The third-order valence-electron chi connectivity index (χ3n) is 4.01. The summed E-state index contributed by atoms with van der Waals surface area (Å²) in [5.74, 6) is 0.977. The molecule has 0 fully saturated rings. The molecule has 2 atom stereocenters. The highest BCUT2D eigenvalue weighted by Crippen LogP contribution is 2.39. The molecule has 1 aromatic carbocycles. The van der Waals surface area contributed by atoms with Gasteiger partial charge < -0.3 is 5.73 Å². The molecule has 21 heavy (non-hydrogen) atoms. The van der Waals surface area contributed by atoms with Gasteiger partial charge in [0.05, 0.1) is 11.6 Å². The normalized spacial score (nSPS) is 22.1. The monoisotopic (exact) mass is 296 g/mol. The zero-order valence-corrected chi connectivity index (χ0v) is 11.4. The van der Waals surface area contributed by atoms with Crippen LogP contribution in [0.5, 0.6) is 0 Å². The predicted molar refractivity (Wildman–Crippen MR) is 71.7 cm³/mol. The number of aromatic nitrogens is 3. The number of alkyl halides is 3. The van der Waals surface area contributed by atoms with Gasteiger partial charge in [-0.15, -0.1) is 5.10 Å². The zero-order chi connectivity index (χ0) is 15.2. The molecule has 0 spiro atoms. The number of benzene rings is 1.